The Labute approximate surface area is 132 Å². The number of aromatic nitrogens is 2. The minimum absolute atomic E-state index is 0.0914. The number of nitrogen functional groups attached to an aromatic ring is 1. The monoisotopic (exact) mass is 321 g/mol. The summed E-state index contributed by atoms with van der Waals surface area (Å²) in [4.78, 5) is 10.4. The Bertz CT molecular complexity index is 706. The summed E-state index contributed by atoms with van der Waals surface area (Å²) < 4.78 is 31.5. The van der Waals surface area contributed by atoms with Crippen LogP contribution in [0.15, 0.2) is 24.3 Å². The molecule has 0 amide bonds. The van der Waals surface area contributed by atoms with Gasteiger partial charge in [0.05, 0.1) is 5.69 Å². The van der Waals surface area contributed by atoms with Gasteiger partial charge in [-0.15, -0.1) is 0 Å². The van der Waals surface area contributed by atoms with Crippen molar-refractivity contribution in [3.63, 3.8) is 0 Å². The zero-order chi connectivity index (χ0) is 16.4. The van der Waals surface area contributed by atoms with Gasteiger partial charge in [0.15, 0.2) is 11.6 Å². The average Bonchev–Trinajstić information content (AvgIpc) is 2.47. The third-order valence-electron chi connectivity index (χ3n) is 3.67. The second kappa shape index (κ2) is 6.33. The fourth-order valence-corrected chi connectivity index (χ4v) is 2.31. The van der Waals surface area contributed by atoms with E-state index in [1.165, 1.54) is 6.07 Å². The Hall–Kier alpha value is -2.48. The molecule has 6 nitrogen and oxygen atoms in total. The van der Waals surface area contributed by atoms with E-state index >= 15 is 0 Å². The van der Waals surface area contributed by atoms with Crippen molar-refractivity contribution >= 4 is 11.8 Å². The summed E-state index contributed by atoms with van der Waals surface area (Å²) >= 11 is 0. The number of hydrogen-bond acceptors (Lipinski definition) is 6. The van der Waals surface area contributed by atoms with Crippen molar-refractivity contribution in [3.05, 3.63) is 41.6 Å². The number of likely N-dealkylation sites (N-methyl/N-ethyl adjacent to an activating group) is 1. The van der Waals surface area contributed by atoms with Gasteiger partial charge in [-0.25, -0.2) is 13.8 Å². The Morgan fingerprint density at radius 2 is 2.04 bits per heavy atom. The van der Waals surface area contributed by atoms with Gasteiger partial charge in [-0.3, -0.25) is 0 Å². The van der Waals surface area contributed by atoms with Crippen LogP contribution in [0, 0.1) is 11.6 Å². The molecule has 23 heavy (non-hydrogen) atoms. The van der Waals surface area contributed by atoms with Crippen molar-refractivity contribution in [2.24, 2.45) is 0 Å². The number of rotatable bonds is 5. The predicted octanol–water partition coefficient (Wildman–Crippen LogP) is 1.32. The first-order valence-electron chi connectivity index (χ1n) is 7.18. The third kappa shape index (κ3) is 3.48. The molecule has 0 atom stereocenters. The second-order valence-corrected chi connectivity index (χ2v) is 5.33. The first kappa shape index (κ1) is 15.4. The van der Waals surface area contributed by atoms with Gasteiger partial charge in [0, 0.05) is 31.3 Å². The van der Waals surface area contributed by atoms with Crippen LogP contribution in [0.3, 0.4) is 0 Å². The molecule has 1 aliphatic rings. The van der Waals surface area contributed by atoms with Gasteiger partial charge in [-0.05, 0) is 19.2 Å². The van der Waals surface area contributed by atoms with E-state index in [0.29, 0.717) is 11.7 Å². The van der Waals surface area contributed by atoms with E-state index < -0.39 is 11.6 Å². The molecule has 0 spiro atoms. The van der Waals surface area contributed by atoms with E-state index in [-0.39, 0.29) is 18.3 Å². The van der Waals surface area contributed by atoms with Crippen LogP contribution in [0.25, 0.3) is 0 Å². The van der Waals surface area contributed by atoms with E-state index in [9.17, 15) is 8.78 Å². The summed E-state index contributed by atoms with van der Waals surface area (Å²) in [5.74, 6) is -0.763. The summed E-state index contributed by atoms with van der Waals surface area (Å²) in [5, 5.41) is 3.18. The molecule has 1 aromatic carbocycles. The Morgan fingerprint density at radius 1 is 1.26 bits per heavy atom. The fourth-order valence-electron chi connectivity index (χ4n) is 2.31. The molecule has 122 valence electrons. The van der Waals surface area contributed by atoms with Crippen LogP contribution in [-0.4, -0.2) is 36.1 Å². The maximum absolute atomic E-state index is 13.1. The molecule has 2 heterocycles. The molecule has 0 unspecified atom stereocenters. The summed E-state index contributed by atoms with van der Waals surface area (Å²) in [7, 11) is 1.91. The van der Waals surface area contributed by atoms with E-state index in [1.54, 1.807) is 6.07 Å². The standard InChI is InChI=1S/C15H17F2N5O/c1-19-10-6-22(7-10)14-4-9(20-15(18)21-14)8-23-11-2-3-12(16)13(17)5-11/h2-5,10,19H,6-8H2,1H3,(H2,18,20,21). The number of anilines is 2. The maximum atomic E-state index is 13.1. The van der Waals surface area contributed by atoms with Gasteiger partial charge in [0.2, 0.25) is 5.95 Å². The van der Waals surface area contributed by atoms with Crippen LogP contribution < -0.4 is 20.7 Å². The molecule has 3 rings (SSSR count). The molecule has 3 N–H and O–H groups in total. The summed E-state index contributed by atoms with van der Waals surface area (Å²) in [5.41, 5.74) is 6.30. The van der Waals surface area contributed by atoms with Gasteiger partial charge in [-0.1, -0.05) is 0 Å². The van der Waals surface area contributed by atoms with E-state index in [0.717, 1.165) is 31.0 Å². The SMILES string of the molecule is CNC1CN(c2cc(COc3ccc(F)c(F)c3)nc(N)n2)C1. The summed E-state index contributed by atoms with van der Waals surface area (Å²) in [6.07, 6.45) is 0. The molecule has 1 aliphatic heterocycles. The van der Waals surface area contributed by atoms with Crippen LogP contribution in [0.5, 0.6) is 5.75 Å². The first-order chi connectivity index (χ1) is 11.0. The largest absolute Gasteiger partial charge is 0.487 e. The van der Waals surface area contributed by atoms with E-state index in [1.807, 2.05) is 7.05 Å². The van der Waals surface area contributed by atoms with Crippen molar-refractivity contribution in [1.82, 2.24) is 15.3 Å². The zero-order valence-corrected chi connectivity index (χ0v) is 12.6. The number of nitrogens with two attached hydrogens (primary N) is 1. The van der Waals surface area contributed by atoms with Gasteiger partial charge >= 0.3 is 0 Å². The maximum Gasteiger partial charge on any atom is 0.222 e. The Morgan fingerprint density at radius 3 is 2.74 bits per heavy atom. The molecule has 2 aromatic rings. The van der Waals surface area contributed by atoms with Crippen LogP contribution in [-0.2, 0) is 6.61 Å². The van der Waals surface area contributed by atoms with Crippen LogP contribution in [0.1, 0.15) is 5.69 Å². The van der Waals surface area contributed by atoms with Crippen molar-refractivity contribution in [1.29, 1.82) is 0 Å². The highest BCUT2D eigenvalue weighted by atomic mass is 19.2. The average molecular weight is 321 g/mol. The minimum atomic E-state index is -0.955. The highest BCUT2D eigenvalue weighted by Crippen LogP contribution is 2.21. The molecule has 0 aliphatic carbocycles. The molecule has 1 fully saturated rings. The molecule has 0 radical (unpaired) electrons. The topological polar surface area (TPSA) is 76.3 Å². The molecule has 0 saturated carbocycles. The fraction of sp³-hybridized carbons (Fsp3) is 0.333. The van der Waals surface area contributed by atoms with Crippen LogP contribution in [0.2, 0.25) is 0 Å². The van der Waals surface area contributed by atoms with Crippen molar-refractivity contribution in [2.45, 2.75) is 12.6 Å². The molecule has 0 bridgehead atoms. The van der Waals surface area contributed by atoms with Crippen molar-refractivity contribution in [3.8, 4) is 5.75 Å². The quantitative estimate of drug-likeness (QED) is 0.865. The Kier molecular flexibility index (Phi) is 4.24. The highest BCUT2D eigenvalue weighted by molar-refractivity contribution is 5.46. The van der Waals surface area contributed by atoms with Crippen LogP contribution >= 0.6 is 0 Å². The van der Waals surface area contributed by atoms with Crippen molar-refractivity contribution < 1.29 is 13.5 Å². The highest BCUT2D eigenvalue weighted by Gasteiger charge is 2.26. The molecular formula is C15H17F2N5O. The normalized spacial score (nSPS) is 14.7. The van der Waals surface area contributed by atoms with Gasteiger partial charge in [-0.2, -0.15) is 4.98 Å². The van der Waals surface area contributed by atoms with Gasteiger partial charge < -0.3 is 20.7 Å². The van der Waals surface area contributed by atoms with Gasteiger partial charge in [0.25, 0.3) is 0 Å². The van der Waals surface area contributed by atoms with E-state index in [4.69, 9.17) is 10.5 Å². The minimum Gasteiger partial charge on any atom is -0.487 e. The molecular weight excluding hydrogens is 304 g/mol. The number of benzene rings is 1. The molecule has 1 saturated heterocycles. The number of hydrogen-bond donors (Lipinski definition) is 2. The lowest BCUT2D eigenvalue weighted by atomic mass is 10.1. The second-order valence-electron chi connectivity index (χ2n) is 5.33. The van der Waals surface area contributed by atoms with E-state index in [2.05, 4.69) is 20.2 Å². The van der Waals surface area contributed by atoms with Crippen LogP contribution in [0.4, 0.5) is 20.5 Å². The number of halogens is 2. The Balaban J connectivity index is 1.68. The zero-order valence-electron chi connectivity index (χ0n) is 12.6. The number of ether oxygens (including phenoxy) is 1. The first-order valence-corrected chi connectivity index (χ1v) is 7.18. The molecule has 8 heteroatoms. The predicted molar refractivity (Wildman–Crippen MR) is 82.2 cm³/mol. The molecule has 1 aromatic heterocycles. The lowest BCUT2D eigenvalue weighted by Gasteiger charge is -2.40. The summed E-state index contributed by atoms with van der Waals surface area (Å²) in [6.45, 7) is 1.78. The van der Waals surface area contributed by atoms with Gasteiger partial charge in [0.1, 0.15) is 18.2 Å². The lowest BCUT2D eigenvalue weighted by molar-refractivity contribution is 0.298. The smallest absolute Gasteiger partial charge is 0.222 e. The third-order valence-corrected chi connectivity index (χ3v) is 3.67. The summed E-state index contributed by atoms with van der Waals surface area (Å²) in [6, 6.07) is 5.59. The lowest BCUT2D eigenvalue weighted by Crippen LogP contribution is -2.57. The number of nitrogens with zero attached hydrogens (tertiary/aromatic N) is 3. The van der Waals surface area contributed by atoms with Crippen molar-refractivity contribution in [2.75, 3.05) is 30.8 Å². The number of nitrogens with one attached hydrogen (secondary N) is 1.